The van der Waals surface area contributed by atoms with Crippen LogP contribution >= 0.6 is 0 Å². The zero-order valence-electron chi connectivity index (χ0n) is 13.0. The molecule has 2 heterocycles. The van der Waals surface area contributed by atoms with E-state index in [9.17, 15) is 0 Å². The Morgan fingerprint density at radius 1 is 1.32 bits per heavy atom. The highest BCUT2D eigenvalue weighted by atomic mass is 16.3. The van der Waals surface area contributed by atoms with E-state index in [1.165, 1.54) is 41.3 Å². The normalized spacial score (nSPS) is 21.4. The number of rotatable bonds is 4. The molecule has 4 heteroatoms. The van der Waals surface area contributed by atoms with Crippen molar-refractivity contribution < 1.29 is 4.42 Å². The van der Waals surface area contributed by atoms with Crippen LogP contribution in [-0.2, 0) is 6.42 Å². The number of nitrogens with zero attached hydrogens (tertiary/aromatic N) is 2. The predicted octanol–water partition coefficient (Wildman–Crippen LogP) is 3.55. The van der Waals surface area contributed by atoms with Crippen LogP contribution in [0.5, 0.6) is 0 Å². The van der Waals surface area contributed by atoms with Gasteiger partial charge in [-0.15, -0.1) is 0 Å². The molecule has 1 aliphatic rings. The summed E-state index contributed by atoms with van der Waals surface area (Å²) in [6.45, 7) is 0. The van der Waals surface area contributed by atoms with Crippen LogP contribution in [-0.4, -0.2) is 35.0 Å². The average molecular weight is 295 g/mol. The third-order valence-electron chi connectivity index (χ3n) is 4.92. The number of fused-ring (bicyclic) bond motifs is 1. The molecule has 1 N–H and O–H groups in total. The average Bonchev–Trinajstić information content (AvgIpc) is 3.07. The second kappa shape index (κ2) is 5.29. The summed E-state index contributed by atoms with van der Waals surface area (Å²) >= 11 is 0. The first kappa shape index (κ1) is 13.6. The predicted molar refractivity (Wildman–Crippen MR) is 87.1 cm³/mol. The zero-order valence-corrected chi connectivity index (χ0v) is 13.0. The molecule has 0 saturated heterocycles. The lowest BCUT2D eigenvalue weighted by Gasteiger charge is -2.39. The van der Waals surface area contributed by atoms with E-state index in [0.29, 0.717) is 5.92 Å². The lowest BCUT2D eigenvalue weighted by atomic mass is 9.75. The van der Waals surface area contributed by atoms with Gasteiger partial charge >= 0.3 is 0 Å². The summed E-state index contributed by atoms with van der Waals surface area (Å²) in [6.07, 6.45) is 8.78. The quantitative estimate of drug-likeness (QED) is 0.800. The Bertz CT molecular complexity index is 767. The fraction of sp³-hybridized carbons (Fsp3) is 0.389. The number of oxazole rings is 1. The fourth-order valence-electron chi connectivity index (χ4n) is 3.43. The second-order valence-electron chi connectivity index (χ2n) is 6.55. The van der Waals surface area contributed by atoms with Crippen LogP contribution < -0.4 is 0 Å². The molecule has 1 aliphatic carbocycles. The van der Waals surface area contributed by atoms with Crippen molar-refractivity contribution in [2.24, 2.45) is 0 Å². The van der Waals surface area contributed by atoms with Crippen molar-refractivity contribution in [3.8, 4) is 0 Å². The molecule has 4 rings (SSSR count). The van der Waals surface area contributed by atoms with Crippen molar-refractivity contribution in [3.63, 3.8) is 0 Å². The van der Waals surface area contributed by atoms with Gasteiger partial charge < -0.3 is 14.3 Å². The minimum Gasteiger partial charge on any atom is -0.448 e. The van der Waals surface area contributed by atoms with E-state index >= 15 is 0 Å². The van der Waals surface area contributed by atoms with Crippen LogP contribution in [0.15, 0.2) is 41.4 Å². The third kappa shape index (κ3) is 2.33. The number of aromatic nitrogens is 2. The van der Waals surface area contributed by atoms with E-state index in [-0.39, 0.29) is 0 Å². The maximum Gasteiger partial charge on any atom is 0.180 e. The van der Waals surface area contributed by atoms with Crippen LogP contribution in [0.1, 0.15) is 35.6 Å². The number of H-pyrrole nitrogens is 1. The minimum atomic E-state index is 0.682. The van der Waals surface area contributed by atoms with Crippen LogP contribution in [0.2, 0.25) is 0 Å². The van der Waals surface area contributed by atoms with Gasteiger partial charge in [0.05, 0.1) is 6.20 Å². The molecule has 3 aromatic rings. The molecule has 0 spiro atoms. The van der Waals surface area contributed by atoms with Crippen LogP contribution in [0, 0.1) is 0 Å². The molecule has 1 fully saturated rings. The third-order valence-corrected chi connectivity index (χ3v) is 4.92. The van der Waals surface area contributed by atoms with E-state index in [4.69, 9.17) is 4.42 Å². The molecular formula is C18H21N3O. The second-order valence-corrected chi connectivity index (χ2v) is 6.55. The molecule has 0 atom stereocenters. The molecule has 0 amide bonds. The first-order valence-corrected chi connectivity index (χ1v) is 7.84. The summed E-state index contributed by atoms with van der Waals surface area (Å²) in [7, 11) is 4.34. The van der Waals surface area contributed by atoms with Gasteiger partial charge in [-0.25, -0.2) is 4.98 Å². The van der Waals surface area contributed by atoms with E-state index in [1.807, 2.05) is 0 Å². The van der Waals surface area contributed by atoms with E-state index in [1.54, 1.807) is 6.20 Å². The van der Waals surface area contributed by atoms with Gasteiger partial charge in [-0.3, -0.25) is 0 Å². The summed E-state index contributed by atoms with van der Waals surface area (Å²) in [4.78, 5) is 9.74. The van der Waals surface area contributed by atoms with Gasteiger partial charge in [0.2, 0.25) is 0 Å². The van der Waals surface area contributed by atoms with Crippen molar-refractivity contribution in [2.75, 3.05) is 14.1 Å². The Hall–Kier alpha value is -2.07. The van der Waals surface area contributed by atoms with Crippen LogP contribution in [0.3, 0.4) is 0 Å². The first-order valence-electron chi connectivity index (χ1n) is 7.84. The van der Waals surface area contributed by atoms with Gasteiger partial charge in [-0.1, -0.05) is 6.07 Å². The van der Waals surface area contributed by atoms with E-state index < -0.39 is 0 Å². The maximum atomic E-state index is 5.36. The fourth-order valence-corrected chi connectivity index (χ4v) is 3.43. The number of nitrogens with one attached hydrogen (secondary N) is 1. The molecule has 0 bridgehead atoms. The summed E-state index contributed by atoms with van der Waals surface area (Å²) in [5.74, 6) is 1.59. The number of hydrogen-bond donors (Lipinski definition) is 1. The summed E-state index contributed by atoms with van der Waals surface area (Å²) in [5.41, 5.74) is 3.96. The largest absolute Gasteiger partial charge is 0.448 e. The maximum absolute atomic E-state index is 5.36. The molecule has 0 radical (unpaired) electrons. The summed E-state index contributed by atoms with van der Waals surface area (Å²) < 4.78 is 5.36. The van der Waals surface area contributed by atoms with E-state index in [2.05, 4.69) is 53.4 Å². The molecule has 1 saturated carbocycles. The molecule has 22 heavy (non-hydrogen) atoms. The number of aromatic amines is 1. The van der Waals surface area contributed by atoms with Crippen LogP contribution in [0.25, 0.3) is 10.9 Å². The Morgan fingerprint density at radius 3 is 2.91 bits per heavy atom. The lowest BCUT2D eigenvalue weighted by Crippen LogP contribution is -2.39. The topological polar surface area (TPSA) is 45.1 Å². The van der Waals surface area contributed by atoms with Gasteiger partial charge in [0, 0.05) is 29.6 Å². The standard InChI is InChI=1S/C18H21N3O/c1-21(2)14-7-13(8-14)17-10-20-18-4-3-12(6-16(17)18)5-15-9-19-11-22-15/h3-4,6,9-11,13-14,20H,5,7-8H2,1-2H3. The highest BCUT2D eigenvalue weighted by Crippen LogP contribution is 2.41. The van der Waals surface area contributed by atoms with Crippen molar-refractivity contribution in [2.45, 2.75) is 31.2 Å². The molecule has 2 aromatic heterocycles. The SMILES string of the molecule is CN(C)C1CC(c2c[nH]c3ccc(Cc4cnco4)cc23)C1. The molecule has 1 aromatic carbocycles. The van der Waals surface area contributed by atoms with Gasteiger partial charge in [0.15, 0.2) is 6.39 Å². The lowest BCUT2D eigenvalue weighted by molar-refractivity contribution is 0.167. The van der Waals surface area contributed by atoms with Crippen LogP contribution in [0.4, 0.5) is 0 Å². The Balaban J connectivity index is 1.60. The minimum absolute atomic E-state index is 0.682. The smallest absolute Gasteiger partial charge is 0.180 e. The van der Waals surface area contributed by atoms with E-state index in [0.717, 1.165) is 18.2 Å². The zero-order chi connectivity index (χ0) is 15.1. The first-order chi connectivity index (χ1) is 10.7. The van der Waals surface area contributed by atoms with Crippen molar-refractivity contribution >= 4 is 10.9 Å². The van der Waals surface area contributed by atoms with Gasteiger partial charge in [-0.05, 0) is 56.1 Å². The Morgan fingerprint density at radius 2 is 2.18 bits per heavy atom. The van der Waals surface area contributed by atoms with Gasteiger partial charge in [-0.2, -0.15) is 0 Å². The molecule has 0 aliphatic heterocycles. The van der Waals surface area contributed by atoms with Crippen molar-refractivity contribution in [1.82, 2.24) is 14.9 Å². The molecule has 4 nitrogen and oxygen atoms in total. The van der Waals surface area contributed by atoms with Gasteiger partial charge in [0.25, 0.3) is 0 Å². The highest BCUT2D eigenvalue weighted by Gasteiger charge is 2.32. The van der Waals surface area contributed by atoms with Gasteiger partial charge in [0.1, 0.15) is 5.76 Å². The number of benzene rings is 1. The van der Waals surface area contributed by atoms with Crippen molar-refractivity contribution in [1.29, 1.82) is 0 Å². The molecule has 0 unspecified atom stereocenters. The Kier molecular flexibility index (Phi) is 3.26. The monoisotopic (exact) mass is 295 g/mol. The molecule has 114 valence electrons. The summed E-state index contributed by atoms with van der Waals surface area (Å²) in [5, 5.41) is 1.36. The molecular weight excluding hydrogens is 274 g/mol. The Labute approximate surface area is 130 Å². The van der Waals surface area contributed by atoms with Crippen molar-refractivity contribution in [3.05, 3.63) is 53.9 Å². The number of hydrogen-bond acceptors (Lipinski definition) is 3. The summed E-state index contributed by atoms with van der Waals surface area (Å²) in [6, 6.07) is 7.36. The highest BCUT2D eigenvalue weighted by molar-refractivity contribution is 5.84.